The number of halogens is 3. The molecule has 0 bridgehead atoms. The number of alkyl halides is 2. The van der Waals surface area contributed by atoms with Gasteiger partial charge in [-0.1, -0.05) is 60.7 Å². The van der Waals surface area contributed by atoms with Crippen LogP contribution in [-0.2, 0) is 5.92 Å². The third-order valence-corrected chi connectivity index (χ3v) is 3.39. The minimum absolute atomic E-state index is 0.0433. The van der Waals surface area contributed by atoms with Gasteiger partial charge in [0.15, 0.2) is 0 Å². The lowest BCUT2D eigenvalue weighted by Gasteiger charge is -2.16. The molecule has 0 spiro atoms. The molecule has 96 valence electrons. The summed E-state index contributed by atoms with van der Waals surface area (Å²) in [6.45, 7) is 2.12. The SMILES string of the molecule is CCCCCCCC(F)(F)c1ccc(Br)cc1. The molecule has 0 saturated heterocycles. The lowest BCUT2D eigenvalue weighted by molar-refractivity contribution is -0.0158. The van der Waals surface area contributed by atoms with Gasteiger partial charge in [0.2, 0.25) is 0 Å². The Labute approximate surface area is 111 Å². The lowest BCUT2D eigenvalue weighted by atomic mass is 10.0. The summed E-state index contributed by atoms with van der Waals surface area (Å²) in [5, 5.41) is 0. The van der Waals surface area contributed by atoms with Gasteiger partial charge in [-0.15, -0.1) is 0 Å². The van der Waals surface area contributed by atoms with Crippen molar-refractivity contribution in [2.24, 2.45) is 0 Å². The number of hydrogen-bond donors (Lipinski definition) is 0. The quantitative estimate of drug-likeness (QED) is 0.550. The summed E-state index contributed by atoms with van der Waals surface area (Å²) >= 11 is 3.25. The molecule has 0 aliphatic rings. The Hall–Kier alpha value is -0.440. The van der Waals surface area contributed by atoms with Crippen molar-refractivity contribution in [3.8, 4) is 0 Å². The summed E-state index contributed by atoms with van der Waals surface area (Å²) in [5.41, 5.74) is 0.121. The van der Waals surface area contributed by atoms with Crippen molar-refractivity contribution in [1.82, 2.24) is 0 Å². The highest BCUT2D eigenvalue weighted by molar-refractivity contribution is 9.10. The van der Waals surface area contributed by atoms with E-state index < -0.39 is 5.92 Å². The molecule has 3 heteroatoms. The van der Waals surface area contributed by atoms with Crippen LogP contribution in [0, 0.1) is 0 Å². The summed E-state index contributed by atoms with van der Waals surface area (Å²) in [5.74, 6) is -2.69. The molecule has 1 aromatic carbocycles. The molecule has 1 rings (SSSR count). The van der Waals surface area contributed by atoms with E-state index >= 15 is 0 Å². The van der Waals surface area contributed by atoms with E-state index in [1.165, 1.54) is 12.1 Å². The minimum atomic E-state index is -2.69. The maximum atomic E-state index is 13.8. The van der Waals surface area contributed by atoms with E-state index in [0.717, 1.165) is 30.2 Å². The average Bonchev–Trinajstić information content (AvgIpc) is 2.29. The maximum absolute atomic E-state index is 13.8. The summed E-state index contributed by atoms with van der Waals surface area (Å²) in [6.07, 6.45) is 4.81. The lowest BCUT2D eigenvalue weighted by Crippen LogP contribution is -2.12. The van der Waals surface area contributed by atoms with Gasteiger partial charge in [0.25, 0.3) is 5.92 Å². The molecule has 0 unspecified atom stereocenters. The molecule has 0 N–H and O–H groups in total. The summed E-state index contributed by atoms with van der Waals surface area (Å²) in [4.78, 5) is 0. The first kappa shape index (κ1) is 14.6. The maximum Gasteiger partial charge on any atom is 0.273 e. The second-order valence-corrected chi connectivity index (χ2v) is 5.29. The molecule has 0 radical (unpaired) electrons. The van der Waals surface area contributed by atoms with E-state index in [2.05, 4.69) is 22.9 Å². The predicted molar refractivity (Wildman–Crippen MR) is 71.4 cm³/mol. The molecular formula is C14H19BrF2. The highest BCUT2D eigenvalue weighted by Gasteiger charge is 2.30. The van der Waals surface area contributed by atoms with E-state index in [1.54, 1.807) is 12.1 Å². The summed E-state index contributed by atoms with van der Waals surface area (Å²) < 4.78 is 28.4. The van der Waals surface area contributed by atoms with Crippen LogP contribution >= 0.6 is 15.9 Å². The smallest absolute Gasteiger partial charge is 0.201 e. The third-order valence-electron chi connectivity index (χ3n) is 2.86. The Morgan fingerprint density at radius 3 is 2.18 bits per heavy atom. The highest BCUT2D eigenvalue weighted by atomic mass is 79.9. The number of benzene rings is 1. The second kappa shape index (κ2) is 7.10. The van der Waals surface area contributed by atoms with E-state index in [-0.39, 0.29) is 12.0 Å². The molecule has 0 aliphatic heterocycles. The molecule has 0 aromatic heterocycles. The molecule has 1 aromatic rings. The first-order valence-corrected chi connectivity index (χ1v) is 6.99. The normalized spacial score (nSPS) is 11.8. The van der Waals surface area contributed by atoms with Crippen molar-refractivity contribution in [1.29, 1.82) is 0 Å². The van der Waals surface area contributed by atoms with Gasteiger partial charge in [0.05, 0.1) is 0 Å². The fourth-order valence-corrected chi connectivity index (χ4v) is 2.05. The number of unbranched alkanes of at least 4 members (excludes halogenated alkanes) is 4. The number of hydrogen-bond acceptors (Lipinski definition) is 0. The van der Waals surface area contributed by atoms with Crippen LogP contribution in [-0.4, -0.2) is 0 Å². The van der Waals surface area contributed by atoms with Crippen LogP contribution in [0.25, 0.3) is 0 Å². The molecule has 0 heterocycles. The molecule has 17 heavy (non-hydrogen) atoms. The van der Waals surface area contributed by atoms with Crippen LogP contribution < -0.4 is 0 Å². The predicted octanol–water partition coefficient (Wildman–Crippen LogP) is 5.90. The molecular weight excluding hydrogens is 286 g/mol. The first-order valence-electron chi connectivity index (χ1n) is 6.20. The highest BCUT2D eigenvalue weighted by Crippen LogP contribution is 2.34. The van der Waals surface area contributed by atoms with Gasteiger partial charge < -0.3 is 0 Å². The number of rotatable bonds is 7. The van der Waals surface area contributed by atoms with Crippen molar-refractivity contribution < 1.29 is 8.78 Å². The molecule has 0 fully saturated rings. The Balaban J connectivity index is 2.42. The van der Waals surface area contributed by atoms with Gasteiger partial charge in [-0.05, 0) is 18.6 Å². The van der Waals surface area contributed by atoms with Crippen LogP contribution in [0.1, 0.15) is 51.0 Å². The Morgan fingerprint density at radius 1 is 1.00 bits per heavy atom. The van der Waals surface area contributed by atoms with Crippen LogP contribution in [0.15, 0.2) is 28.7 Å². The second-order valence-electron chi connectivity index (χ2n) is 4.38. The van der Waals surface area contributed by atoms with Gasteiger partial charge in [-0.3, -0.25) is 0 Å². The Morgan fingerprint density at radius 2 is 1.59 bits per heavy atom. The fourth-order valence-electron chi connectivity index (χ4n) is 1.79. The topological polar surface area (TPSA) is 0 Å². The Kier molecular flexibility index (Phi) is 6.10. The van der Waals surface area contributed by atoms with Gasteiger partial charge in [0.1, 0.15) is 0 Å². The zero-order valence-electron chi connectivity index (χ0n) is 10.2. The van der Waals surface area contributed by atoms with Crippen LogP contribution in [0.5, 0.6) is 0 Å². The molecule has 0 nitrogen and oxygen atoms in total. The van der Waals surface area contributed by atoms with E-state index in [0.29, 0.717) is 6.42 Å². The molecule has 0 saturated carbocycles. The monoisotopic (exact) mass is 304 g/mol. The zero-order chi connectivity index (χ0) is 12.7. The fraction of sp³-hybridized carbons (Fsp3) is 0.571. The standard InChI is InChI=1S/C14H19BrF2/c1-2-3-4-5-6-11-14(16,17)12-7-9-13(15)10-8-12/h7-10H,2-6,11H2,1H3. The third kappa shape index (κ3) is 5.15. The van der Waals surface area contributed by atoms with Crippen LogP contribution in [0.3, 0.4) is 0 Å². The van der Waals surface area contributed by atoms with Gasteiger partial charge in [-0.25, -0.2) is 8.78 Å². The average molecular weight is 305 g/mol. The van der Waals surface area contributed by atoms with Gasteiger partial charge in [-0.2, -0.15) is 0 Å². The first-order chi connectivity index (χ1) is 8.06. The summed E-state index contributed by atoms with van der Waals surface area (Å²) in [7, 11) is 0. The van der Waals surface area contributed by atoms with Crippen molar-refractivity contribution in [2.45, 2.75) is 51.4 Å². The van der Waals surface area contributed by atoms with Crippen LogP contribution in [0.4, 0.5) is 8.78 Å². The van der Waals surface area contributed by atoms with E-state index in [4.69, 9.17) is 0 Å². The van der Waals surface area contributed by atoms with E-state index in [9.17, 15) is 8.78 Å². The zero-order valence-corrected chi connectivity index (χ0v) is 11.8. The van der Waals surface area contributed by atoms with Crippen molar-refractivity contribution in [3.63, 3.8) is 0 Å². The largest absolute Gasteiger partial charge is 0.273 e. The molecule has 0 amide bonds. The van der Waals surface area contributed by atoms with Crippen molar-refractivity contribution >= 4 is 15.9 Å². The van der Waals surface area contributed by atoms with E-state index in [1.807, 2.05) is 0 Å². The van der Waals surface area contributed by atoms with Crippen molar-refractivity contribution in [3.05, 3.63) is 34.3 Å². The minimum Gasteiger partial charge on any atom is -0.201 e. The molecule has 0 aliphatic carbocycles. The summed E-state index contributed by atoms with van der Waals surface area (Å²) in [6, 6.07) is 6.33. The van der Waals surface area contributed by atoms with Crippen LogP contribution in [0.2, 0.25) is 0 Å². The Bertz CT molecular complexity index is 319. The van der Waals surface area contributed by atoms with Gasteiger partial charge in [0, 0.05) is 16.5 Å². The van der Waals surface area contributed by atoms with Gasteiger partial charge >= 0.3 is 0 Å². The molecule has 0 atom stereocenters. The van der Waals surface area contributed by atoms with Crippen molar-refractivity contribution in [2.75, 3.05) is 0 Å².